The second-order valence-corrected chi connectivity index (χ2v) is 5.17. The second kappa shape index (κ2) is 4.79. The van der Waals surface area contributed by atoms with Crippen molar-refractivity contribution in [2.24, 2.45) is 5.41 Å². The molecule has 0 saturated heterocycles. The number of alkyl halides is 2. The van der Waals surface area contributed by atoms with Gasteiger partial charge in [-0.25, -0.2) is 8.78 Å². The van der Waals surface area contributed by atoms with Crippen LogP contribution in [0.1, 0.15) is 30.3 Å². The van der Waals surface area contributed by atoms with Crippen molar-refractivity contribution in [3.8, 4) is 0 Å². The van der Waals surface area contributed by atoms with Crippen molar-refractivity contribution in [2.75, 3.05) is 0 Å². The van der Waals surface area contributed by atoms with Crippen LogP contribution in [0.4, 0.5) is 8.78 Å². The van der Waals surface area contributed by atoms with Crippen LogP contribution in [0, 0.1) is 19.3 Å². The highest BCUT2D eigenvalue weighted by atomic mass is 19.3. The van der Waals surface area contributed by atoms with E-state index in [1.54, 1.807) is 6.08 Å². The smallest absolute Gasteiger partial charge is 0.313 e. The summed E-state index contributed by atoms with van der Waals surface area (Å²) in [5.74, 6) is -1.17. The summed E-state index contributed by atoms with van der Waals surface area (Å²) in [6, 6.07) is 3.72. The van der Waals surface area contributed by atoms with Gasteiger partial charge in [-0.3, -0.25) is 4.79 Å². The lowest BCUT2D eigenvalue weighted by atomic mass is 9.83. The van der Waals surface area contributed by atoms with Crippen LogP contribution in [0.25, 0.3) is 0 Å². The zero-order valence-electron chi connectivity index (χ0n) is 10.9. The van der Waals surface area contributed by atoms with E-state index in [-0.39, 0.29) is 12.5 Å². The fourth-order valence-electron chi connectivity index (χ4n) is 2.86. The summed E-state index contributed by atoms with van der Waals surface area (Å²) in [7, 11) is 0. The molecule has 3 nitrogen and oxygen atoms in total. The fraction of sp³-hybridized carbons (Fsp3) is 0.500. The highest BCUT2D eigenvalue weighted by Crippen LogP contribution is 2.43. The van der Waals surface area contributed by atoms with Gasteiger partial charge >= 0.3 is 5.97 Å². The van der Waals surface area contributed by atoms with Gasteiger partial charge in [-0.2, -0.15) is 0 Å². The topological polar surface area (TPSA) is 42.2 Å². The summed E-state index contributed by atoms with van der Waals surface area (Å²) in [6.45, 7) is 3.85. The first kappa shape index (κ1) is 13.8. The lowest BCUT2D eigenvalue weighted by molar-refractivity contribution is -0.148. The van der Waals surface area contributed by atoms with Crippen molar-refractivity contribution in [3.05, 3.63) is 35.7 Å². The van der Waals surface area contributed by atoms with Crippen LogP contribution >= 0.6 is 0 Å². The van der Waals surface area contributed by atoms with Gasteiger partial charge in [0.1, 0.15) is 0 Å². The molecule has 0 bridgehead atoms. The maximum atomic E-state index is 12.6. The van der Waals surface area contributed by atoms with Gasteiger partial charge in [-0.1, -0.05) is 12.2 Å². The van der Waals surface area contributed by atoms with Crippen LogP contribution in [-0.4, -0.2) is 22.1 Å². The van der Waals surface area contributed by atoms with Gasteiger partial charge in [0.15, 0.2) is 0 Å². The van der Waals surface area contributed by atoms with E-state index < -0.39 is 24.2 Å². The Balaban J connectivity index is 2.28. The molecule has 1 heterocycles. The predicted octanol–water partition coefficient (Wildman–Crippen LogP) is 3.33. The first-order chi connectivity index (χ1) is 8.85. The Morgan fingerprint density at radius 2 is 2.05 bits per heavy atom. The first-order valence-corrected chi connectivity index (χ1v) is 6.21. The molecule has 0 radical (unpaired) electrons. The summed E-state index contributed by atoms with van der Waals surface area (Å²) in [6.07, 6.45) is 0.102. The minimum absolute atomic E-state index is 0.162. The van der Waals surface area contributed by atoms with E-state index in [0.717, 1.165) is 11.4 Å². The zero-order chi connectivity index (χ0) is 14.2. The fourth-order valence-corrected chi connectivity index (χ4v) is 2.86. The van der Waals surface area contributed by atoms with Crippen LogP contribution in [0.5, 0.6) is 0 Å². The van der Waals surface area contributed by atoms with Crippen molar-refractivity contribution in [1.29, 1.82) is 0 Å². The van der Waals surface area contributed by atoms with Crippen molar-refractivity contribution < 1.29 is 18.7 Å². The second-order valence-electron chi connectivity index (χ2n) is 5.17. The quantitative estimate of drug-likeness (QED) is 0.852. The number of nitrogens with zero attached hydrogens (tertiary/aromatic N) is 1. The molecule has 0 amide bonds. The number of rotatable bonds is 4. The third-order valence-corrected chi connectivity index (χ3v) is 3.81. The van der Waals surface area contributed by atoms with E-state index in [2.05, 4.69) is 0 Å². The average molecular weight is 269 g/mol. The number of hydrogen-bond acceptors (Lipinski definition) is 1. The molecular weight excluding hydrogens is 252 g/mol. The minimum atomic E-state index is -2.62. The molecule has 1 aromatic rings. The summed E-state index contributed by atoms with van der Waals surface area (Å²) in [5, 5.41) is 9.27. The molecule has 0 fully saturated rings. The molecule has 0 unspecified atom stereocenters. The highest BCUT2D eigenvalue weighted by Gasteiger charge is 2.44. The number of hydrogen-bond donors (Lipinski definition) is 1. The third-order valence-electron chi connectivity index (χ3n) is 3.81. The Hall–Kier alpha value is -1.65. The molecule has 1 aliphatic rings. The number of allylic oxidation sites excluding steroid dienone is 1. The van der Waals surface area contributed by atoms with Crippen LogP contribution in [0.15, 0.2) is 24.3 Å². The van der Waals surface area contributed by atoms with Crippen molar-refractivity contribution in [1.82, 2.24) is 4.57 Å². The largest absolute Gasteiger partial charge is 0.481 e. The zero-order valence-corrected chi connectivity index (χ0v) is 10.9. The maximum Gasteiger partial charge on any atom is 0.313 e. The minimum Gasteiger partial charge on any atom is -0.481 e. The van der Waals surface area contributed by atoms with Crippen molar-refractivity contribution in [3.63, 3.8) is 0 Å². The predicted molar refractivity (Wildman–Crippen MR) is 67.4 cm³/mol. The molecule has 1 aliphatic carbocycles. The van der Waals surface area contributed by atoms with Crippen LogP contribution < -0.4 is 0 Å². The highest BCUT2D eigenvalue weighted by molar-refractivity contribution is 5.78. The Bertz CT molecular complexity index is 502. The molecule has 5 heteroatoms. The monoisotopic (exact) mass is 269 g/mol. The van der Waals surface area contributed by atoms with Gasteiger partial charge in [0.2, 0.25) is 6.43 Å². The number of carboxylic acid groups (broad SMARTS) is 1. The number of aliphatic carboxylic acids is 1. The van der Waals surface area contributed by atoms with Gasteiger partial charge in [0.25, 0.3) is 0 Å². The lowest BCUT2D eigenvalue weighted by Gasteiger charge is -2.25. The van der Waals surface area contributed by atoms with Gasteiger partial charge in [0.05, 0.1) is 11.5 Å². The number of aryl methyl sites for hydroxylation is 2. The molecule has 104 valence electrons. The standard InChI is InChI=1S/C14H17F2NO2/c1-9-3-4-10(2)17(9)11-5-6-14(7-11,13(18)19)8-12(15)16/h3-6,11-12H,7-8H2,1-2H3,(H,18,19)/t11-,14-/m0/s1. The maximum absolute atomic E-state index is 12.6. The molecule has 19 heavy (non-hydrogen) atoms. The van der Waals surface area contributed by atoms with Gasteiger partial charge in [0, 0.05) is 17.8 Å². The Morgan fingerprint density at radius 3 is 2.53 bits per heavy atom. The van der Waals surface area contributed by atoms with Gasteiger partial charge in [-0.15, -0.1) is 0 Å². The molecule has 0 aliphatic heterocycles. The summed E-state index contributed by atoms with van der Waals surface area (Å²) in [5.41, 5.74) is 0.567. The molecule has 1 N–H and O–H groups in total. The molecule has 1 aromatic heterocycles. The van der Waals surface area contributed by atoms with E-state index in [1.807, 2.05) is 30.5 Å². The molecule has 0 saturated carbocycles. The van der Waals surface area contributed by atoms with Crippen LogP contribution in [0.2, 0.25) is 0 Å². The SMILES string of the molecule is Cc1ccc(C)n1[C@H]1C=C[C@](CC(F)F)(C(=O)O)C1. The summed E-state index contributed by atoms with van der Waals surface area (Å²) in [4.78, 5) is 11.4. The van der Waals surface area contributed by atoms with E-state index in [9.17, 15) is 18.7 Å². The Labute approximate surface area is 110 Å². The number of carboxylic acids is 1. The number of carbonyl (C=O) groups is 1. The average Bonchev–Trinajstić information content (AvgIpc) is 2.84. The molecule has 2 atom stereocenters. The summed E-state index contributed by atoms with van der Waals surface area (Å²) >= 11 is 0. The van der Waals surface area contributed by atoms with Crippen LogP contribution in [0.3, 0.4) is 0 Å². The van der Waals surface area contributed by atoms with Crippen molar-refractivity contribution >= 4 is 5.97 Å². The number of halogens is 2. The van der Waals surface area contributed by atoms with Crippen LogP contribution in [-0.2, 0) is 4.79 Å². The van der Waals surface area contributed by atoms with E-state index in [1.165, 1.54) is 6.08 Å². The van der Waals surface area contributed by atoms with E-state index >= 15 is 0 Å². The Morgan fingerprint density at radius 1 is 1.47 bits per heavy atom. The van der Waals surface area contributed by atoms with Gasteiger partial charge < -0.3 is 9.67 Å². The number of aromatic nitrogens is 1. The lowest BCUT2D eigenvalue weighted by Crippen LogP contribution is -2.30. The Kier molecular flexibility index (Phi) is 3.47. The van der Waals surface area contributed by atoms with Gasteiger partial charge in [-0.05, 0) is 32.4 Å². The summed E-state index contributed by atoms with van der Waals surface area (Å²) < 4.78 is 27.2. The van der Waals surface area contributed by atoms with Crippen molar-refractivity contribution in [2.45, 2.75) is 39.2 Å². The van der Waals surface area contributed by atoms with E-state index in [4.69, 9.17) is 0 Å². The molecule has 0 aromatic carbocycles. The van der Waals surface area contributed by atoms with E-state index in [0.29, 0.717) is 0 Å². The molecule has 2 rings (SSSR count). The normalized spacial score (nSPS) is 26.3. The third kappa shape index (κ3) is 2.41. The molecule has 0 spiro atoms. The first-order valence-electron chi connectivity index (χ1n) is 6.21. The molecular formula is C14H17F2NO2.